The molecule has 2 N–H and O–H groups in total. The monoisotopic (exact) mass is 467 g/mol. The van der Waals surface area contributed by atoms with Gasteiger partial charge in [0, 0.05) is 11.7 Å². The summed E-state index contributed by atoms with van der Waals surface area (Å²) < 4.78 is 7.68. The van der Waals surface area contributed by atoms with E-state index in [1.807, 2.05) is 44.2 Å². The lowest BCUT2D eigenvalue weighted by Gasteiger charge is -2.25. The minimum Gasteiger partial charge on any atom is -0.461 e. The number of nitrogens with zero attached hydrogens (tertiary/aromatic N) is 3. The molecule has 0 unspecified atom stereocenters. The third kappa shape index (κ3) is 5.65. The van der Waals surface area contributed by atoms with Gasteiger partial charge in [-0.2, -0.15) is 0 Å². The fourth-order valence-electron chi connectivity index (χ4n) is 4.06. The zero-order valence-corrected chi connectivity index (χ0v) is 19.8. The molecule has 174 valence electrons. The summed E-state index contributed by atoms with van der Waals surface area (Å²) in [5, 5.41) is 14.9. The molecule has 0 saturated heterocycles. The molecule has 9 heteroatoms. The van der Waals surface area contributed by atoms with Crippen molar-refractivity contribution in [2.45, 2.75) is 57.1 Å². The molecule has 33 heavy (non-hydrogen) atoms. The van der Waals surface area contributed by atoms with E-state index in [9.17, 15) is 9.59 Å². The van der Waals surface area contributed by atoms with Crippen molar-refractivity contribution in [3.63, 3.8) is 0 Å². The molecule has 0 aliphatic heterocycles. The third-order valence-corrected chi connectivity index (χ3v) is 6.95. The molecule has 1 saturated carbocycles. The summed E-state index contributed by atoms with van der Waals surface area (Å²) in [5.41, 5.74) is 2.88. The van der Waals surface area contributed by atoms with Crippen molar-refractivity contribution in [1.29, 1.82) is 0 Å². The Labute approximate surface area is 197 Å². The topological polar surface area (TPSA) is 102 Å². The Kier molecular flexibility index (Phi) is 7.49. The van der Waals surface area contributed by atoms with Gasteiger partial charge in [-0.3, -0.25) is 14.2 Å². The van der Waals surface area contributed by atoms with Gasteiger partial charge in [0.1, 0.15) is 0 Å². The highest BCUT2D eigenvalue weighted by atomic mass is 32.2. The van der Waals surface area contributed by atoms with Gasteiger partial charge in [0.2, 0.25) is 17.6 Å². The van der Waals surface area contributed by atoms with E-state index in [2.05, 4.69) is 25.4 Å². The zero-order valence-electron chi connectivity index (χ0n) is 19.0. The van der Waals surface area contributed by atoms with Crippen LogP contribution in [0.5, 0.6) is 0 Å². The number of benzene rings is 1. The second kappa shape index (κ2) is 10.7. The van der Waals surface area contributed by atoms with Crippen molar-refractivity contribution in [3.8, 4) is 11.6 Å². The van der Waals surface area contributed by atoms with Crippen molar-refractivity contribution in [1.82, 2.24) is 20.1 Å². The standard InChI is InChI=1S/C24H29N5O3S/c1-16-8-6-11-19(17(16)2)26-21(30)14-25-22(31)15-33-24-28-27-23(20-12-7-13-32-20)29(24)18-9-4-3-5-10-18/h6-8,11-13,18H,3-5,9-10,14-15H2,1-2H3,(H,25,31)(H,26,30). The van der Waals surface area contributed by atoms with E-state index in [0.29, 0.717) is 22.8 Å². The molecule has 1 aromatic carbocycles. The molecule has 2 amide bonds. The highest BCUT2D eigenvalue weighted by Gasteiger charge is 2.25. The van der Waals surface area contributed by atoms with Gasteiger partial charge in [0.15, 0.2) is 10.9 Å². The van der Waals surface area contributed by atoms with Crippen molar-refractivity contribution in [3.05, 3.63) is 47.7 Å². The second-order valence-corrected chi connectivity index (χ2v) is 9.25. The molecular weight excluding hydrogens is 438 g/mol. The Balaban J connectivity index is 1.35. The summed E-state index contributed by atoms with van der Waals surface area (Å²) in [4.78, 5) is 24.7. The summed E-state index contributed by atoms with van der Waals surface area (Å²) in [6.45, 7) is 3.87. The Morgan fingerprint density at radius 2 is 1.91 bits per heavy atom. The highest BCUT2D eigenvalue weighted by molar-refractivity contribution is 7.99. The number of aryl methyl sites for hydroxylation is 1. The lowest BCUT2D eigenvalue weighted by Crippen LogP contribution is -2.34. The SMILES string of the molecule is Cc1cccc(NC(=O)CNC(=O)CSc2nnc(-c3ccco3)n2C2CCCCC2)c1C. The molecule has 8 nitrogen and oxygen atoms in total. The largest absolute Gasteiger partial charge is 0.461 e. The number of hydrogen-bond acceptors (Lipinski definition) is 6. The molecule has 1 aliphatic rings. The van der Waals surface area contributed by atoms with Gasteiger partial charge in [-0.25, -0.2) is 0 Å². The fourth-order valence-corrected chi connectivity index (χ4v) is 4.89. The van der Waals surface area contributed by atoms with Crippen LogP contribution < -0.4 is 10.6 Å². The van der Waals surface area contributed by atoms with Crippen LogP contribution in [0.3, 0.4) is 0 Å². The number of aromatic nitrogens is 3. The first kappa shape index (κ1) is 23.1. The molecule has 4 rings (SSSR count). The Morgan fingerprint density at radius 3 is 2.67 bits per heavy atom. The Hall–Kier alpha value is -3.07. The van der Waals surface area contributed by atoms with Crippen LogP contribution in [0.15, 0.2) is 46.2 Å². The molecule has 0 spiro atoms. The summed E-state index contributed by atoms with van der Waals surface area (Å²) in [6, 6.07) is 9.74. The Morgan fingerprint density at radius 1 is 1.09 bits per heavy atom. The summed E-state index contributed by atoms with van der Waals surface area (Å²) >= 11 is 1.33. The van der Waals surface area contributed by atoms with Crippen molar-refractivity contribution >= 4 is 29.3 Å². The molecule has 0 bridgehead atoms. The number of amides is 2. The smallest absolute Gasteiger partial charge is 0.243 e. The molecule has 1 aliphatic carbocycles. The fraction of sp³-hybridized carbons (Fsp3) is 0.417. The van der Waals surface area contributed by atoms with Crippen LogP contribution in [0.4, 0.5) is 5.69 Å². The van der Waals surface area contributed by atoms with E-state index < -0.39 is 0 Å². The number of furan rings is 1. The quantitative estimate of drug-likeness (QED) is 0.473. The summed E-state index contributed by atoms with van der Waals surface area (Å²) in [5.74, 6) is 1.04. The Bertz CT molecular complexity index is 1100. The minimum atomic E-state index is -0.257. The van der Waals surface area contributed by atoms with Crippen LogP contribution in [0, 0.1) is 13.8 Å². The number of nitrogens with one attached hydrogen (secondary N) is 2. The van der Waals surface area contributed by atoms with Crippen LogP contribution >= 0.6 is 11.8 Å². The van der Waals surface area contributed by atoms with E-state index >= 15 is 0 Å². The van der Waals surface area contributed by atoms with Crippen molar-refractivity contribution in [2.24, 2.45) is 0 Å². The van der Waals surface area contributed by atoms with Crippen LogP contribution in [0.25, 0.3) is 11.6 Å². The molecule has 2 aromatic heterocycles. The van der Waals surface area contributed by atoms with Gasteiger partial charge >= 0.3 is 0 Å². The van der Waals surface area contributed by atoms with Crippen LogP contribution in [0.1, 0.15) is 49.3 Å². The number of carbonyl (C=O) groups excluding carboxylic acids is 2. The third-order valence-electron chi connectivity index (χ3n) is 6.00. The van der Waals surface area contributed by atoms with Crippen molar-refractivity contribution in [2.75, 3.05) is 17.6 Å². The van der Waals surface area contributed by atoms with Crippen molar-refractivity contribution < 1.29 is 14.0 Å². The normalized spacial score (nSPS) is 14.2. The maximum absolute atomic E-state index is 12.4. The second-order valence-electron chi connectivity index (χ2n) is 8.31. The molecule has 0 atom stereocenters. The van der Waals surface area contributed by atoms with E-state index in [0.717, 1.165) is 29.7 Å². The first-order valence-electron chi connectivity index (χ1n) is 11.3. The predicted molar refractivity (Wildman–Crippen MR) is 128 cm³/mol. The number of carbonyl (C=O) groups is 2. The van der Waals surface area contributed by atoms with E-state index in [4.69, 9.17) is 4.42 Å². The maximum atomic E-state index is 12.4. The summed E-state index contributed by atoms with van der Waals surface area (Å²) in [6.07, 6.45) is 7.32. The van der Waals surface area contributed by atoms with Gasteiger partial charge in [0.25, 0.3) is 0 Å². The van der Waals surface area contributed by atoms with E-state index in [-0.39, 0.29) is 24.1 Å². The minimum absolute atomic E-state index is 0.0836. The number of anilines is 1. The van der Waals surface area contributed by atoms with Crippen LogP contribution in [-0.4, -0.2) is 38.9 Å². The lowest BCUT2D eigenvalue weighted by atomic mass is 9.95. The van der Waals surface area contributed by atoms with Crippen LogP contribution in [0.2, 0.25) is 0 Å². The predicted octanol–water partition coefficient (Wildman–Crippen LogP) is 4.51. The van der Waals surface area contributed by atoms with Crippen LogP contribution in [-0.2, 0) is 9.59 Å². The van der Waals surface area contributed by atoms with Gasteiger partial charge in [-0.05, 0) is 56.0 Å². The van der Waals surface area contributed by atoms with Gasteiger partial charge < -0.3 is 15.1 Å². The first-order chi connectivity index (χ1) is 16.0. The molecule has 2 heterocycles. The zero-order chi connectivity index (χ0) is 23.2. The molecule has 1 fully saturated rings. The van der Waals surface area contributed by atoms with Gasteiger partial charge in [-0.1, -0.05) is 43.2 Å². The first-order valence-corrected chi connectivity index (χ1v) is 12.3. The molecule has 3 aromatic rings. The van der Waals surface area contributed by atoms with E-state index in [1.165, 1.54) is 31.0 Å². The highest BCUT2D eigenvalue weighted by Crippen LogP contribution is 2.35. The molecule has 0 radical (unpaired) electrons. The lowest BCUT2D eigenvalue weighted by molar-refractivity contribution is -0.122. The average molecular weight is 468 g/mol. The average Bonchev–Trinajstić information content (AvgIpc) is 3.50. The number of rotatable bonds is 8. The van der Waals surface area contributed by atoms with Gasteiger partial charge in [0.05, 0.1) is 18.6 Å². The van der Waals surface area contributed by atoms with Gasteiger partial charge in [-0.15, -0.1) is 10.2 Å². The van der Waals surface area contributed by atoms with E-state index in [1.54, 1.807) is 6.26 Å². The number of thioether (sulfide) groups is 1. The maximum Gasteiger partial charge on any atom is 0.243 e. The number of hydrogen-bond donors (Lipinski definition) is 2. The molecular formula is C24H29N5O3S. The summed E-state index contributed by atoms with van der Waals surface area (Å²) in [7, 11) is 0.